The van der Waals surface area contributed by atoms with Crippen LogP contribution in [0, 0.1) is 0 Å². The molecule has 1 heterocycles. The summed E-state index contributed by atoms with van der Waals surface area (Å²) in [6.45, 7) is 3.40. The molecule has 0 aliphatic heterocycles. The zero-order valence-corrected chi connectivity index (χ0v) is 4.42. The van der Waals surface area contributed by atoms with Crippen LogP contribution in [0.4, 0.5) is 0 Å². The van der Waals surface area contributed by atoms with Crippen LogP contribution in [0.1, 0.15) is 5.76 Å². The summed E-state index contributed by atoms with van der Waals surface area (Å²) in [7, 11) is 0. The molecule has 0 unspecified atom stereocenters. The van der Waals surface area contributed by atoms with Crippen molar-refractivity contribution in [1.82, 2.24) is 0 Å². The van der Waals surface area contributed by atoms with Crippen molar-refractivity contribution in [2.45, 2.75) is 0 Å². The zero-order chi connectivity index (χ0) is 5.82. The largest absolute Gasteiger partial charge is 0.464 e. The summed E-state index contributed by atoms with van der Waals surface area (Å²) in [5.74, 6) is 0.792. The third kappa shape index (κ3) is 0.895. The number of hydrogen-bond donors (Lipinski definition) is 0. The van der Waals surface area contributed by atoms with Crippen molar-refractivity contribution in [1.29, 1.82) is 0 Å². The Hall–Kier alpha value is -1.20. The number of furan rings is 1. The van der Waals surface area contributed by atoms with Crippen molar-refractivity contribution < 1.29 is 4.42 Å². The Kier molecular flexibility index (Phi) is 1.36. The van der Waals surface area contributed by atoms with Gasteiger partial charge < -0.3 is 4.42 Å². The molecule has 1 aromatic rings. The van der Waals surface area contributed by atoms with Gasteiger partial charge in [0.25, 0.3) is 0 Å². The monoisotopic (exact) mass is 106 g/mol. The maximum atomic E-state index is 4.92. The van der Waals surface area contributed by atoms with Crippen LogP contribution in [-0.4, -0.2) is 0 Å². The summed E-state index contributed by atoms with van der Waals surface area (Å²) < 4.78 is 4.92. The van der Waals surface area contributed by atoms with E-state index < -0.39 is 0 Å². The van der Waals surface area contributed by atoms with Crippen LogP contribution in [0.25, 0.3) is 6.08 Å². The van der Waals surface area contributed by atoms with Crippen molar-refractivity contribution in [2.24, 2.45) is 0 Å². The van der Waals surface area contributed by atoms with E-state index in [-0.39, 0.29) is 0 Å². The van der Waals surface area contributed by atoms with Gasteiger partial charge in [0.1, 0.15) is 5.76 Å². The molecule has 0 fully saturated rings. The Morgan fingerprint density at radius 2 is 2.62 bits per heavy atom. The second-order valence-corrected chi connectivity index (χ2v) is 1.36. The smallest absolute Gasteiger partial charge is 0.134 e. The lowest BCUT2D eigenvalue weighted by molar-refractivity contribution is 0.557. The molecule has 0 aliphatic carbocycles. The minimum Gasteiger partial charge on any atom is -0.464 e. The van der Waals surface area contributed by atoms with Gasteiger partial charge >= 0.3 is 0 Å². The van der Waals surface area contributed by atoms with E-state index in [4.69, 9.17) is 4.42 Å². The summed E-state index contributed by atoms with van der Waals surface area (Å²) in [5, 5.41) is 0. The van der Waals surface area contributed by atoms with Crippen LogP contribution in [0.2, 0.25) is 0 Å². The molecule has 0 bridgehead atoms. The maximum Gasteiger partial charge on any atom is 0.134 e. The van der Waals surface area contributed by atoms with Crippen molar-refractivity contribution in [2.75, 3.05) is 0 Å². The molecule has 0 aromatic carbocycles. The van der Waals surface area contributed by atoms with Crippen LogP contribution >= 0.6 is 0 Å². The van der Waals surface area contributed by atoms with Gasteiger partial charge in [0.2, 0.25) is 0 Å². The van der Waals surface area contributed by atoms with E-state index in [0.717, 1.165) is 5.76 Å². The van der Waals surface area contributed by atoms with Crippen molar-refractivity contribution >= 4 is 6.08 Å². The van der Waals surface area contributed by atoms with E-state index >= 15 is 0 Å². The van der Waals surface area contributed by atoms with Crippen LogP contribution in [0.5, 0.6) is 0 Å². The highest BCUT2D eigenvalue weighted by molar-refractivity contribution is 5.40. The molecule has 0 N–H and O–H groups in total. The molecule has 1 nitrogen and oxygen atoms in total. The van der Waals surface area contributed by atoms with Gasteiger partial charge in [-0.05, 0) is 12.1 Å². The second kappa shape index (κ2) is 2.20. The average molecular weight is 106 g/mol. The molecular formula is C7H6O. The Labute approximate surface area is 47.9 Å². The van der Waals surface area contributed by atoms with E-state index in [0.29, 0.717) is 0 Å². The van der Waals surface area contributed by atoms with E-state index in [9.17, 15) is 0 Å². The van der Waals surface area contributed by atoms with Gasteiger partial charge in [0.15, 0.2) is 0 Å². The minimum absolute atomic E-state index is 0.792. The van der Waals surface area contributed by atoms with Crippen molar-refractivity contribution in [3.63, 3.8) is 0 Å². The second-order valence-electron chi connectivity index (χ2n) is 1.36. The van der Waals surface area contributed by atoms with E-state index in [1.807, 2.05) is 12.1 Å². The fourth-order valence-electron chi connectivity index (χ4n) is 0.474. The van der Waals surface area contributed by atoms with Crippen molar-refractivity contribution in [3.05, 3.63) is 36.5 Å². The third-order valence-electron chi connectivity index (χ3n) is 0.788. The summed E-state index contributed by atoms with van der Waals surface area (Å²) >= 11 is 0. The summed E-state index contributed by atoms with van der Waals surface area (Å²) in [6.07, 6.45) is 3.29. The molecule has 0 aliphatic rings. The topological polar surface area (TPSA) is 13.1 Å². The number of hydrogen-bond acceptors (Lipinski definition) is 1. The first-order valence-corrected chi connectivity index (χ1v) is 2.33. The Morgan fingerprint density at radius 1 is 1.75 bits per heavy atom. The van der Waals surface area contributed by atoms with Crippen LogP contribution in [-0.2, 0) is 0 Å². The van der Waals surface area contributed by atoms with E-state index in [1.54, 1.807) is 12.3 Å². The molecule has 8 heavy (non-hydrogen) atoms. The SMILES string of the molecule is C=C=Cc1ccco1. The van der Waals surface area contributed by atoms with Gasteiger partial charge in [-0.1, -0.05) is 6.58 Å². The average Bonchev–Trinajstić information content (AvgIpc) is 2.19. The molecular weight excluding hydrogens is 100 g/mol. The first-order valence-electron chi connectivity index (χ1n) is 2.33. The van der Waals surface area contributed by atoms with Gasteiger partial charge in [-0.2, -0.15) is 0 Å². The van der Waals surface area contributed by atoms with Gasteiger partial charge in [-0.15, -0.1) is 5.73 Å². The lowest BCUT2D eigenvalue weighted by Gasteiger charge is -1.73. The quantitative estimate of drug-likeness (QED) is 0.499. The molecule has 1 aromatic heterocycles. The Bertz CT molecular complexity index is 190. The third-order valence-corrected chi connectivity index (χ3v) is 0.788. The van der Waals surface area contributed by atoms with Crippen LogP contribution in [0.3, 0.4) is 0 Å². The molecule has 1 rings (SSSR count). The lowest BCUT2D eigenvalue weighted by atomic mass is 10.4. The molecule has 0 atom stereocenters. The Morgan fingerprint density at radius 3 is 3.12 bits per heavy atom. The minimum atomic E-state index is 0.792. The molecule has 0 saturated heterocycles. The summed E-state index contributed by atoms with van der Waals surface area (Å²) in [6, 6.07) is 3.67. The lowest BCUT2D eigenvalue weighted by Crippen LogP contribution is -1.52. The molecule has 0 spiro atoms. The predicted molar refractivity (Wildman–Crippen MR) is 32.3 cm³/mol. The first-order chi connectivity index (χ1) is 3.93. The van der Waals surface area contributed by atoms with E-state index in [2.05, 4.69) is 12.3 Å². The molecule has 0 amide bonds. The molecule has 0 saturated carbocycles. The fraction of sp³-hybridized carbons (Fsp3) is 0. The van der Waals surface area contributed by atoms with Gasteiger partial charge in [-0.3, -0.25) is 0 Å². The molecule has 1 heteroatoms. The highest BCUT2D eigenvalue weighted by atomic mass is 16.3. The number of rotatable bonds is 1. The summed E-state index contributed by atoms with van der Waals surface area (Å²) in [4.78, 5) is 0. The summed E-state index contributed by atoms with van der Waals surface area (Å²) in [5.41, 5.74) is 2.60. The fourth-order valence-corrected chi connectivity index (χ4v) is 0.474. The van der Waals surface area contributed by atoms with Crippen LogP contribution in [0.15, 0.2) is 35.1 Å². The molecule has 0 radical (unpaired) electrons. The standard InChI is InChI=1S/C7H6O/c1-2-4-7-5-3-6-8-7/h3-6H,1H2. The maximum absolute atomic E-state index is 4.92. The van der Waals surface area contributed by atoms with Gasteiger partial charge in [0.05, 0.1) is 6.26 Å². The normalized spacial score (nSPS) is 8.00. The molecule has 40 valence electrons. The first kappa shape index (κ1) is 4.95. The predicted octanol–water partition coefficient (Wildman–Crippen LogP) is 2.08. The van der Waals surface area contributed by atoms with Gasteiger partial charge in [0, 0.05) is 6.08 Å². The van der Waals surface area contributed by atoms with Gasteiger partial charge in [-0.25, -0.2) is 0 Å². The van der Waals surface area contributed by atoms with E-state index in [1.165, 1.54) is 0 Å². The zero-order valence-electron chi connectivity index (χ0n) is 4.42. The Balaban J connectivity index is 2.93. The highest BCUT2D eigenvalue weighted by Crippen LogP contribution is 1.99. The van der Waals surface area contributed by atoms with Crippen molar-refractivity contribution in [3.8, 4) is 0 Å². The van der Waals surface area contributed by atoms with Crippen LogP contribution < -0.4 is 0 Å². The highest BCUT2D eigenvalue weighted by Gasteiger charge is 1.81.